The van der Waals surface area contributed by atoms with Gasteiger partial charge in [-0.3, -0.25) is 4.98 Å². The minimum Gasteiger partial charge on any atom is -0.491 e. The molecule has 4 nitrogen and oxygen atoms in total. The highest BCUT2D eigenvalue weighted by atomic mass is 35.7. The Hall–Kier alpha value is -1.33. The molecule has 0 aliphatic carbocycles. The zero-order chi connectivity index (χ0) is 14.0. The van der Waals surface area contributed by atoms with Crippen LogP contribution >= 0.6 is 10.7 Å². The van der Waals surface area contributed by atoms with Crippen LogP contribution in [0.1, 0.15) is 13.8 Å². The van der Waals surface area contributed by atoms with E-state index in [1.54, 1.807) is 24.4 Å². The average Bonchev–Trinajstić information content (AvgIpc) is 2.34. The van der Waals surface area contributed by atoms with E-state index in [4.69, 9.17) is 15.4 Å². The molecule has 0 atom stereocenters. The second-order valence-corrected chi connectivity index (χ2v) is 7.14. The predicted molar refractivity (Wildman–Crippen MR) is 75.1 cm³/mol. The van der Waals surface area contributed by atoms with E-state index < -0.39 is 9.05 Å². The van der Waals surface area contributed by atoms with Crippen molar-refractivity contribution in [2.75, 3.05) is 6.61 Å². The fourth-order valence-electron chi connectivity index (χ4n) is 1.71. The number of ether oxygens (including phenoxy) is 1. The minimum atomic E-state index is -3.80. The normalized spacial score (nSPS) is 12.0. The Kier molecular flexibility index (Phi) is 3.96. The molecular weight excluding hydrogens is 286 g/mol. The number of aromatic nitrogens is 1. The molecule has 0 aliphatic heterocycles. The van der Waals surface area contributed by atoms with E-state index in [-0.39, 0.29) is 4.90 Å². The number of halogens is 1. The van der Waals surface area contributed by atoms with Crippen molar-refractivity contribution in [2.45, 2.75) is 18.7 Å². The largest absolute Gasteiger partial charge is 0.491 e. The number of hydrogen-bond acceptors (Lipinski definition) is 4. The third-order valence-corrected chi connectivity index (χ3v) is 3.91. The summed E-state index contributed by atoms with van der Waals surface area (Å²) in [6.07, 6.45) is 1.59. The molecule has 0 bridgehead atoms. The fourth-order valence-corrected chi connectivity index (χ4v) is 2.77. The number of pyridine rings is 1. The monoisotopic (exact) mass is 299 g/mol. The van der Waals surface area contributed by atoms with Gasteiger partial charge in [-0.15, -0.1) is 0 Å². The highest BCUT2D eigenvalue weighted by Crippen LogP contribution is 2.31. The number of rotatable bonds is 4. The Morgan fingerprint density at radius 2 is 2.05 bits per heavy atom. The third kappa shape index (κ3) is 3.16. The van der Waals surface area contributed by atoms with Gasteiger partial charge in [-0.05, 0) is 30.2 Å². The summed E-state index contributed by atoms with van der Waals surface area (Å²) in [5.41, 5.74) is 0.505. The number of nitrogens with zero attached hydrogens (tertiary/aromatic N) is 1. The molecule has 2 rings (SSSR count). The summed E-state index contributed by atoms with van der Waals surface area (Å²) in [5.74, 6) is 0.934. The Morgan fingerprint density at radius 3 is 2.68 bits per heavy atom. The highest BCUT2D eigenvalue weighted by molar-refractivity contribution is 8.14. The molecule has 0 aliphatic rings. The zero-order valence-electron chi connectivity index (χ0n) is 10.6. The summed E-state index contributed by atoms with van der Waals surface area (Å²) in [6.45, 7) is 4.61. The van der Waals surface area contributed by atoms with Crippen LogP contribution in [-0.4, -0.2) is 20.0 Å². The first-order chi connectivity index (χ1) is 8.89. The molecule has 0 amide bonds. The van der Waals surface area contributed by atoms with Crippen LogP contribution in [0.15, 0.2) is 35.4 Å². The lowest BCUT2D eigenvalue weighted by molar-refractivity contribution is 0.273. The molecule has 1 heterocycles. The van der Waals surface area contributed by atoms with E-state index in [1.165, 1.54) is 6.07 Å². The fraction of sp³-hybridized carbons (Fsp3) is 0.308. The maximum absolute atomic E-state index is 11.5. The highest BCUT2D eigenvalue weighted by Gasteiger charge is 2.17. The second kappa shape index (κ2) is 5.35. The van der Waals surface area contributed by atoms with E-state index in [2.05, 4.69) is 4.98 Å². The van der Waals surface area contributed by atoms with Crippen LogP contribution < -0.4 is 4.74 Å². The van der Waals surface area contributed by atoms with Gasteiger partial charge in [-0.25, -0.2) is 8.42 Å². The zero-order valence-corrected chi connectivity index (χ0v) is 12.2. The van der Waals surface area contributed by atoms with Crippen molar-refractivity contribution in [3.63, 3.8) is 0 Å². The Balaban J connectivity index is 2.59. The van der Waals surface area contributed by atoms with Crippen molar-refractivity contribution in [1.82, 2.24) is 4.98 Å². The summed E-state index contributed by atoms with van der Waals surface area (Å²) in [4.78, 5) is 4.24. The summed E-state index contributed by atoms with van der Waals surface area (Å²) in [5, 5.41) is 0.471. The molecule has 0 unspecified atom stereocenters. The third-order valence-electron chi connectivity index (χ3n) is 2.53. The van der Waals surface area contributed by atoms with E-state index in [1.807, 2.05) is 13.8 Å². The van der Waals surface area contributed by atoms with Crippen molar-refractivity contribution in [2.24, 2.45) is 5.92 Å². The van der Waals surface area contributed by atoms with Crippen LogP contribution in [0.4, 0.5) is 0 Å². The first kappa shape index (κ1) is 14.1. The summed E-state index contributed by atoms with van der Waals surface area (Å²) < 4.78 is 28.7. The standard InChI is InChI=1S/C13H14ClNO3S/c1-9(2)8-18-11-5-6-12(19(14,16)17)10-4-3-7-15-13(10)11/h3-7,9H,8H2,1-2H3. The van der Waals surface area contributed by atoms with Crippen molar-refractivity contribution in [3.05, 3.63) is 30.5 Å². The molecule has 1 aromatic carbocycles. The van der Waals surface area contributed by atoms with Crippen LogP contribution in [0, 0.1) is 5.92 Å². The maximum Gasteiger partial charge on any atom is 0.261 e. The lowest BCUT2D eigenvalue weighted by Crippen LogP contribution is -2.05. The van der Waals surface area contributed by atoms with Crippen LogP contribution in [0.2, 0.25) is 0 Å². The number of fused-ring (bicyclic) bond motifs is 1. The predicted octanol–water partition coefficient (Wildman–Crippen LogP) is 3.20. The van der Waals surface area contributed by atoms with Crippen LogP contribution in [0.25, 0.3) is 10.9 Å². The van der Waals surface area contributed by atoms with Crippen molar-refractivity contribution >= 4 is 30.6 Å². The SMILES string of the molecule is CC(C)COc1ccc(S(=O)(=O)Cl)c2cccnc12. The van der Waals surface area contributed by atoms with E-state index >= 15 is 0 Å². The first-order valence-electron chi connectivity index (χ1n) is 5.85. The molecule has 0 saturated heterocycles. The summed E-state index contributed by atoms with van der Waals surface area (Å²) in [6, 6.07) is 6.37. The number of benzene rings is 1. The Bertz CT molecular complexity index is 698. The topological polar surface area (TPSA) is 56.3 Å². The minimum absolute atomic E-state index is 0.0502. The van der Waals surface area contributed by atoms with Gasteiger partial charge in [-0.2, -0.15) is 0 Å². The molecule has 0 radical (unpaired) electrons. The van der Waals surface area contributed by atoms with Gasteiger partial charge in [0, 0.05) is 22.3 Å². The molecule has 19 heavy (non-hydrogen) atoms. The van der Waals surface area contributed by atoms with Crippen LogP contribution in [-0.2, 0) is 9.05 Å². The molecule has 0 saturated carbocycles. The van der Waals surface area contributed by atoms with E-state index in [0.717, 1.165) is 0 Å². The van der Waals surface area contributed by atoms with Gasteiger partial charge in [0.25, 0.3) is 9.05 Å². The molecule has 0 fully saturated rings. The van der Waals surface area contributed by atoms with Crippen molar-refractivity contribution in [1.29, 1.82) is 0 Å². The number of hydrogen-bond donors (Lipinski definition) is 0. The Morgan fingerprint density at radius 1 is 1.32 bits per heavy atom. The lowest BCUT2D eigenvalue weighted by atomic mass is 10.2. The molecule has 1 aromatic heterocycles. The molecule has 2 aromatic rings. The molecule has 6 heteroatoms. The lowest BCUT2D eigenvalue weighted by Gasteiger charge is -2.12. The maximum atomic E-state index is 11.5. The van der Waals surface area contributed by atoms with Crippen LogP contribution in [0.5, 0.6) is 5.75 Å². The van der Waals surface area contributed by atoms with Gasteiger partial charge in [-0.1, -0.05) is 13.8 Å². The van der Waals surface area contributed by atoms with Crippen LogP contribution in [0.3, 0.4) is 0 Å². The van der Waals surface area contributed by atoms with Gasteiger partial charge < -0.3 is 4.74 Å². The summed E-state index contributed by atoms with van der Waals surface area (Å²) >= 11 is 0. The van der Waals surface area contributed by atoms with Gasteiger partial charge >= 0.3 is 0 Å². The molecule has 102 valence electrons. The first-order valence-corrected chi connectivity index (χ1v) is 8.15. The van der Waals surface area contributed by atoms with E-state index in [0.29, 0.717) is 29.2 Å². The van der Waals surface area contributed by atoms with Gasteiger partial charge in [0.15, 0.2) is 0 Å². The average molecular weight is 300 g/mol. The smallest absolute Gasteiger partial charge is 0.261 e. The quantitative estimate of drug-likeness (QED) is 0.814. The van der Waals surface area contributed by atoms with Crippen molar-refractivity contribution in [3.8, 4) is 5.75 Å². The van der Waals surface area contributed by atoms with Gasteiger partial charge in [0.2, 0.25) is 0 Å². The molecular formula is C13H14ClNO3S. The molecule has 0 spiro atoms. The van der Waals surface area contributed by atoms with E-state index in [9.17, 15) is 8.42 Å². The van der Waals surface area contributed by atoms with Crippen molar-refractivity contribution < 1.29 is 13.2 Å². The second-order valence-electron chi connectivity index (χ2n) is 4.60. The summed E-state index contributed by atoms with van der Waals surface area (Å²) in [7, 11) is 1.62. The van der Waals surface area contributed by atoms with Gasteiger partial charge in [0.1, 0.15) is 11.3 Å². The Labute approximate surface area is 116 Å². The molecule has 0 N–H and O–H groups in total. The van der Waals surface area contributed by atoms with Gasteiger partial charge in [0.05, 0.1) is 11.5 Å².